The first-order valence-electron chi connectivity index (χ1n) is 18.4. The molecule has 3 aromatic heterocycles. The average Bonchev–Trinajstić information content (AvgIpc) is 3.75. The van der Waals surface area contributed by atoms with E-state index >= 15 is 0 Å². The van der Waals surface area contributed by atoms with E-state index in [0.717, 1.165) is 60.8 Å². The van der Waals surface area contributed by atoms with Crippen LogP contribution in [0.4, 0.5) is 0 Å². The van der Waals surface area contributed by atoms with E-state index in [0.29, 0.717) is 11.2 Å². The third-order valence-electron chi connectivity index (χ3n) is 11.2. The first kappa shape index (κ1) is 29.9. The number of amidine groups is 1. The molecule has 0 atom stereocenters. The number of nitrogens with zero attached hydrogens (tertiary/aromatic N) is 3. The lowest BCUT2D eigenvalue weighted by molar-refractivity contribution is 0.669. The van der Waals surface area contributed by atoms with Crippen LogP contribution in [0.1, 0.15) is 5.56 Å². The average molecular weight is 704 g/mol. The Morgan fingerprint density at radius 1 is 0.527 bits per heavy atom. The number of nitrogens with one attached hydrogen (secondary N) is 2. The molecule has 0 unspecified atom stereocenters. The van der Waals surface area contributed by atoms with Crippen molar-refractivity contribution in [3.05, 3.63) is 175 Å². The van der Waals surface area contributed by atoms with Gasteiger partial charge in [0.1, 0.15) is 11.2 Å². The van der Waals surface area contributed by atoms with Crippen LogP contribution in [0.25, 0.3) is 105 Å². The fourth-order valence-electron chi connectivity index (χ4n) is 8.89. The normalized spacial score (nSPS) is 12.5. The van der Waals surface area contributed by atoms with Gasteiger partial charge in [0, 0.05) is 43.7 Å². The van der Waals surface area contributed by atoms with Crippen LogP contribution < -0.4 is 5.62 Å². The molecule has 6 heteroatoms. The molecular weight excluding hydrogens is 675 g/mol. The van der Waals surface area contributed by atoms with Crippen molar-refractivity contribution in [3.8, 4) is 39.2 Å². The predicted molar refractivity (Wildman–Crippen MR) is 224 cm³/mol. The lowest BCUT2D eigenvalue weighted by Crippen LogP contribution is -2.17. The lowest BCUT2D eigenvalue weighted by atomic mass is 9.93. The van der Waals surface area contributed by atoms with Crippen molar-refractivity contribution < 1.29 is 4.42 Å². The molecule has 0 saturated carbocycles. The van der Waals surface area contributed by atoms with Crippen molar-refractivity contribution in [1.82, 2.24) is 14.5 Å². The zero-order chi connectivity index (χ0) is 36.2. The molecule has 0 bridgehead atoms. The third-order valence-corrected chi connectivity index (χ3v) is 11.2. The molecule has 12 rings (SSSR count). The smallest absolute Gasteiger partial charge is 0.229 e. The molecule has 256 valence electrons. The minimum absolute atomic E-state index is 0.120. The summed E-state index contributed by atoms with van der Waals surface area (Å²) in [6, 6.07) is 56.9. The van der Waals surface area contributed by atoms with Crippen LogP contribution in [0.2, 0.25) is 0 Å². The summed E-state index contributed by atoms with van der Waals surface area (Å²) in [6.45, 7) is 0. The molecule has 0 spiro atoms. The minimum Gasteiger partial charge on any atom is -0.456 e. The van der Waals surface area contributed by atoms with Crippen LogP contribution >= 0.6 is 0 Å². The molecule has 0 saturated heterocycles. The van der Waals surface area contributed by atoms with Crippen LogP contribution in [0.15, 0.2) is 173 Å². The van der Waals surface area contributed by atoms with E-state index in [-0.39, 0.29) is 5.84 Å². The molecule has 2 N–H and O–H groups in total. The number of aromatic amines is 1. The van der Waals surface area contributed by atoms with Gasteiger partial charge in [-0.1, -0.05) is 109 Å². The van der Waals surface area contributed by atoms with E-state index in [9.17, 15) is 0 Å². The number of H-pyrrole nitrogens is 1. The Balaban J connectivity index is 0.997. The van der Waals surface area contributed by atoms with E-state index in [4.69, 9.17) is 19.8 Å². The largest absolute Gasteiger partial charge is 0.456 e. The summed E-state index contributed by atoms with van der Waals surface area (Å²) >= 11 is 0. The topological polar surface area (TPSA) is 83.0 Å². The first-order chi connectivity index (χ1) is 27.2. The number of benzene rings is 8. The summed E-state index contributed by atoms with van der Waals surface area (Å²) in [5.74, 6) is 0.120. The number of furan rings is 1. The van der Waals surface area contributed by atoms with Gasteiger partial charge in [-0.05, 0) is 87.6 Å². The zero-order valence-corrected chi connectivity index (χ0v) is 29.3. The predicted octanol–water partition coefficient (Wildman–Crippen LogP) is 12.0. The minimum atomic E-state index is 0.120. The first-order valence-corrected chi connectivity index (χ1v) is 18.4. The van der Waals surface area contributed by atoms with Gasteiger partial charge in [-0.25, -0.2) is 4.98 Å². The molecule has 0 aliphatic heterocycles. The number of aromatic nitrogens is 3. The highest BCUT2D eigenvalue weighted by Crippen LogP contribution is 2.49. The van der Waals surface area contributed by atoms with E-state index in [1.165, 1.54) is 43.8 Å². The Morgan fingerprint density at radius 3 is 2.04 bits per heavy atom. The Hall–Kier alpha value is -7.57. The SMILES string of the molecule is N=C(/N=c1/nc(-c2cccc3oc4ccccc4c23)c2ccccc2[nH]1)c1ccc(-n2c3cccc4c3c3c5c(cccc5ccc32)-c2ccccc2-4)cc1. The van der Waals surface area contributed by atoms with Crippen LogP contribution in [0.3, 0.4) is 0 Å². The number of hydrogen-bond donors (Lipinski definition) is 2. The fourth-order valence-corrected chi connectivity index (χ4v) is 8.89. The van der Waals surface area contributed by atoms with Crippen LogP contribution in [0.5, 0.6) is 0 Å². The molecule has 0 fully saturated rings. The number of para-hydroxylation sites is 2. The van der Waals surface area contributed by atoms with E-state index in [1.54, 1.807) is 0 Å². The molecule has 0 radical (unpaired) electrons. The summed E-state index contributed by atoms with van der Waals surface area (Å²) in [7, 11) is 0. The standard InChI is InChI=1S/C49H29N5O/c50-48(53-49-51-38-18-5-3-13-35(38)47(52-49)37-17-9-21-42-44(37)36-14-4-6-20-41(36)55-42)29-22-25-30(26-23-29)54-39-19-8-16-34-32-12-2-1-11-31(32)33-15-7-10-28-24-27-40(54)46(43(28)33)45(34)39/h1-27H,(H2,50,51,52,53). The van der Waals surface area contributed by atoms with Gasteiger partial charge in [-0.15, -0.1) is 0 Å². The Labute approximate surface area is 313 Å². The number of rotatable bonds is 3. The number of fused-ring (bicyclic) bond motifs is 7. The van der Waals surface area contributed by atoms with Gasteiger partial charge in [0.15, 0.2) is 5.84 Å². The van der Waals surface area contributed by atoms with Gasteiger partial charge in [0.2, 0.25) is 5.62 Å². The highest BCUT2D eigenvalue weighted by molar-refractivity contribution is 6.30. The maximum absolute atomic E-state index is 9.14. The molecular formula is C49H29N5O. The molecule has 11 aromatic rings. The van der Waals surface area contributed by atoms with Crippen LogP contribution in [-0.2, 0) is 0 Å². The summed E-state index contributed by atoms with van der Waals surface area (Å²) in [5, 5.41) is 17.2. The van der Waals surface area contributed by atoms with Gasteiger partial charge < -0.3 is 14.0 Å². The molecule has 3 heterocycles. The van der Waals surface area contributed by atoms with Crippen molar-refractivity contribution in [2.75, 3.05) is 0 Å². The van der Waals surface area contributed by atoms with Crippen LogP contribution in [-0.4, -0.2) is 20.4 Å². The quantitative estimate of drug-likeness (QED) is 0.142. The molecule has 8 aromatic carbocycles. The molecule has 0 amide bonds. The summed E-state index contributed by atoms with van der Waals surface area (Å²) in [4.78, 5) is 13.2. The van der Waals surface area contributed by atoms with Crippen molar-refractivity contribution in [2.24, 2.45) is 4.99 Å². The van der Waals surface area contributed by atoms with Gasteiger partial charge in [0.05, 0.1) is 22.2 Å². The lowest BCUT2D eigenvalue weighted by Gasteiger charge is -2.13. The summed E-state index contributed by atoms with van der Waals surface area (Å²) in [6.07, 6.45) is 0. The Kier molecular flexibility index (Phi) is 6.11. The van der Waals surface area contributed by atoms with Crippen molar-refractivity contribution >= 4 is 71.3 Å². The van der Waals surface area contributed by atoms with E-state index < -0.39 is 0 Å². The second-order valence-electron chi connectivity index (χ2n) is 14.2. The van der Waals surface area contributed by atoms with Gasteiger partial charge >= 0.3 is 0 Å². The van der Waals surface area contributed by atoms with Gasteiger partial charge in [0.25, 0.3) is 0 Å². The van der Waals surface area contributed by atoms with Crippen molar-refractivity contribution in [3.63, 3.8) is 0 Å². The molecule has 55 heavy (non-hydrogen) atoms. The maximum atomic E-state index is 9.14. The van der Waals surface area contributed by atoms with Gasteiger partial charge in [-0.2, -0.15) is 4.99 Å². The van der Waals surface area contributed by atoms with E-state index in [1.807, 2.05) is 60.7 Å². The Morgan fingerprint density at radius 2 is 1.18 bits per heavy atom. The molecule has 1 aliphatic rings. The number of hydrogen-bond acceptors (Lipinski definition) is 3. The van der Waals surface area contributed by atoms with E-state index in [2.05, 4.69) is 113 Å². The second kappa shape index (κ2) is 11.2. The highest BCUT2D eigenvalue weighted by atomic mass is 16.3. The monoisotopic (exact) mass is 703 g/mol. The highest BCUT2D eigenvalue weighted by Gasteiger charge is 2.24. The summed E-state index contributed by atoms with van der Waals surface area (Å²) in [5.41, 5.74) is 13.7. The third kappa shape index (κ3) is 4.27. The van der Waals surface area contributed by atoms with Crippen LogP contribution in [0, 0.1) is 5.41 Å². The summed E-state index contributed by atoms with van der Waals surface area (Å²) < 4.78 is 8.57. The molecule has 1 aliphatic carbocycles. The van der Waals surface area contributed by atoms with Crippen molar-refractivity contribution in [2.45, 2.75) is 0 Å². The van der Waals surface area contributed by atoms with Gasteiger partial charge in [-0.3, -0.25) is 5.41 Å². The zero-order valence-electron chi connectivity index (χ0n) is 29.3. The second-order valence-corrected chi connectivity index (χ2v) is 14.2. The molecule has 6 nitrogen and oxygen atoms in total. The van der Waals surface area contributed by atoms with Crippen molar-refractivity contribution in [1.29, 1.82) is 5.41 Å². The fraction of sp³-hybridized carbons (Fsp3) is 0. The Bertz CT molecular complexity index is 3510. The maximum Gasteiger partial charge on any atom is 0.229 e.